The van der Waals surface area contributed by atoms with Crippen molar-refractivity contribution in [2.24, 2.45) is 0 Å². The Labute approximate surface area is 336 Å². The van der Waals surface area contributed by atoms with E-state index in [9.17, 15) is 9.59 Å². The van der Waals surface area contributed by atoms with E-state index in [1.807, 2.05) is 0 Å². The van der Waals surface area contributed by atoms with Crippen LogP contribution in [-0.4, -0.2) is 18.5 Å². The molecule has 0 fully saturated rings. The number of rotatable bonds is 7. The van der Waals surface area contributed by atoms with E-state index in [-0.39, 0.29) is 24.0 Å². The van der Waals surface area contributed by atoms with E-state index in [4.69, 9.17) is 9.47 Å². The quantitative estimate of drug-likeness (QED) is 0.120. The maximum atomic E-state index is 11.5. The van der Waals surface area contributed by atoms with Gasteiger partial charge in [0.2, 0.25) is 0 Å². The van der Waals surface area contributed by atoms with Crippen LogP contribution in [0.1, 0.15) is 49.9 Å². The zero-order valence-corrected chi connectivity index (χ0v) is 33.0. The van der Waals surface area contributed by atoms with Gasteiger partial charge in [0.05, 0.1) is 6.61 Å². The van der Waals surface area contributed by atoms with Gasteiger partial charge in [-0.2, -0.15) is 0 Å². The molecule has 0 aliphatic heterocycles. The fourth-order valence-corrected chi connectivity index (χ4v) is 10.1. The lowest BCUT2D eigenvalue weighted by Crippen LogP contribution is -2.15. The van der Waals surface area contributed by atoms with E-state index in [0.717, 1.165) is 16.3 Å². The number of hydrogen-bond donors (Lipinski definition) is 0. The van der Waals surface area contributed by atoms with Gasteiger partial charge in [0.15, 0.2) is 0 Å². The van der Waals surface area contributed by atoms with Crippen LogP contribution in [0, 0.1) is 0 Å². The van der Waals surface area contributed by atoms with Crippen LogP contribution in [0.4, 0.5) is 0 Å². The minimum absolute atomic E-state index is 0.203. The van der Waals surface area contributed by atoms with Crippen LogP contribution >= 0.6 is 0 Å². The second-order valence-corrected chi connectivity index (χ2v) is 16.6. The normalized spacial score (nSPS) is 13.3. The molecule has 11 rings (SSSR count). The molecule has 0 saturated heterocycles. The lowest BCUT2D eigenvalue weighted by molar-refractivity contribution is -0.142. The SMILES string of the molecule is CC(=O)OCCc1cc2ccc3ccc(-c4ccc5c(c4)C(C)(C)c4cc(-c6ccc7ccc8cc(COC(C)=O)cc9ccc6c7c89)ccc4-5)c4ccc(c1)c2c34. The highest BCUT2D eigenvalue weighted by molar-refractivity contribution is 6.27. The van der Waals surface area contributed by atoms with Gasteiger partial charge in [0.1, 0.15) is 6.61 Å². The van der Waals surface area contributed by atoms with E-state index < -0.39 is 0 Å². The molecule has 0 spiro atoms. The van der Waals surface area contributed by atoms with Gasteiger partial charge in [0.25, 0.3) is 0 Å². The van der Waals surface area contributed by atoms with Gasteiger partial charge in [-0.3, -0.25) is 9.59 Å². The summed E-state index contributed by atoms with van der Waals surface area (Å²) in [5.41, 5.74) is 12.2. The Morgan fingerprint density at radius 3 is 1.34 bits per heavy atom. The summed E-state index contributed by atoms with van der Waals surface area (Å²) in [6.07, 6.45) is 0.691. The van der Waals surface area contributed by atoms with Crippen LogP contribution in [0.15, 0.2) is 133 Å². The highest BCUT2D eigenvalue weighted by atomic mass is 16.5. The molecule has 0 radical (unpaired) electrons. The first-order chi connectivity index (χ1) is 28.1. The van der Waals surface area contributed by atoms with Crippen LogP contribution in [0.25, 0.3) is 98.0 Å². The molecule has 10 aromatic rings. The third kappa shape index (κ3) is 5.21. The van der Waals surface area contributed by atoms with E-state index in [2.05, 4.69) is 147 Å². The van der Waals surface area contributed by atoms with Gasteiger partial charge in [-0.15, -0.1) is 0 Å². The Bertz CT molecular complexity index is 3310. The predicted octanol–water partition coefficient (Wildman–Crippen LogP) is 13.3. The Kier molecular flexibility index (Phi) is 7.49. The lowest BCUT2D eigenvalue weighted by atomic mass is 9.80. The summed E-state index contributed by atoms with van der Waals surface area (Å²) in [4.78, 5) is 22.9. The first-order valence-electron chi connectivity index (χ1n) is 20.1. The van der Waals surface area contributed by atoms with Crippen LogP contribution in [0.5, 0.6) is 0 Å². The molecular formula is C54H40O4. The zero-order chi connectivity index (χ0) is 39.4. The van der Waals surface area contributed by atoms with Gasteiger partial charge in [0, 0.05) is 25.7 Å². The summed E-state index contributed by atoms with van der Waals surface area (Å²) in [5, 5.41) is 14.8. The van der Waals surface area contributed by atoms with E-state index >= 15 is 0 Å². The van der Waals surface area contributed by atoms with Crippen molar-refractivity contribution in [3.8, 4) is 33.4 Å². The average molecular weight is 753 g/mol. The summed E-state index contributed by atoms with van der Waals surface area (Å²) in [6.45, 7) is 8.30. The topological polar surface area (TPSA) is 52.6 Å². The number of esters is 2. The number of carbonyl (C=O) groups is 2. The molecule has 1 aliphatic rings. The molecule has 280 valence electrons. The Hall–Kier alpha value is -6.78. The number of carbonyl (C=O) groups excluding carboxylic acids is 2. The maximum absolute atomic E-state index is 11.5. The summed E-state index contributed by atoms with van der Waals surface area (Å²) >= 11 is 0. The average Bonchev–Trinajstić information content (AvgIpc) is 3.45. The van der Waals surface area contributed by atoms with Crippen molar-refractivity contribution < 1.29 is 19.1 Å². The molecule has 0 atom stereocenters. The molecule has 4 nitrogen and oxygen atoms in total. The van der Waals surface area contributed by atoms with E-state index in [1.165, 1.54) is 118 Å². The zero-order valence-electron chi connectivity index (χ0n) is 33.0. The first-order valence-corrected chi connectivity index (χ1v) is 20.1. The standard InChI is InChI=1S/C54H40O4/c1-30(55)57-22-21-32-23-38-7-5-34-9-15-42(46-19-13-40(24-32)50(38)52(34)46)36-11-17-44-45-18-12-37(28-49(45)54(3,4)48(44)27-36)43-16-10-35-6-8-39-25-33(29-58-31(2)56)26-41-14-20-47(43)53(35)51(39)41/h5-20,23-28H,21-22,29H2,1-4H3. The molecule has 0 aromatic heterocycles. The van der Waals surface area contributed by atoms with Crippen molar-refractivity contribution in [2.75, 3.05) is 6.61 Å². The van der Waals surface area contributed by atoms with Crippen molar-refractivity contribution in [1.82, 2.24) is 0 Å². The number of ether oxygens (including phenoxy) is 2. The monoisotopic (exact) mass is 752 g/mol. The largest absolute Gasteiger partial charge is 0.466 e. The summed E-state index contributed by atoms with van der Waals surface area (Å²) in [6, 6.07) is 49.8. The molecule has 0 saturated carbocycles. The number of hydrogen-bond acceptors (Lipinski definition) is 4. The van der Waals surface area contributed by atoms with Crippen molar-refractivity contribution in [1.29, 1.82) is 0 Å². The molecule has 0 bridgehead atoms. The molecule has 0 amide bonds. The number of fused-ring (bicyclic) bond motifs is 3. The molecule has 0 heterocycles. The maximum Gasteiger partial charge on any atom is 0.302 e. The molecule has 10 aromatic carbocycles. The minimum atomic E-state index is -0.272. The fraction of sp³-hybridized carbons (Fsp3) is 0.148. The summed E-state index contributed by atoms with van der Waals surface area (Å²) in [7, 11) is 0. The Balaban J connectivity index is 0.979. The second-order valence-electron chi connectivity index (χ2n) is 16.6. The molecule has 1 aliphatic carbocycles. The molecule has 0 N–H and O–H groups in total. The van der Waals surface area contributed by atoms with Gasteiger partial charge in [-0.25, -0.2) is 0 Å². The minimum Gasteiger partial charge on any atom is -0.466 e. The number of benzene rings is 10. The first kappa shape index (κ1) is 34.5. The van der Waals surface area contributed by atoms with E-state index in [1.54, 1.807) is 0 Å². The third-order valence-electron chi connectivity index (χ3n) is 12.8. The van der Waals surface area contributed by atoms with Crippen molar-refractivity contribution >= 4 is 76.6 Å². The van der Waals surface area contributed by atoms with Crippen LogP contribution < -0.4 is 0 Å². The van der Waals surface area contributed by atoms with Gasteiger partial charge >= 0.3 is 11.9 Å². The fourth-order valence-electron chi connectivity index (χ4n) is 10.1. The Morgan fingerprint density at radius 1 is 0.448 bits per heavy atom. The van der Waals surface area contributed by atoms with Crippen LogP contribution in [-0.2, 0) is 37.5 Å². The lowest BCUT2D eigenvalue weighted by Gasteiger charge is -2.23. The van der Waals surface area contributed by atoms with Crippen molar-refractivity contribution in [2.45, 2.75) is 46.1 Å². The highest BCUT2D eigenvalue weighted by Gasteiger charge is 2.36. The Morgan fingerprint density at radius 2 is 0.862 bits per heavy atom. The smallest absolute Gasteiger partial charge is 0.302 e. The van der Waals surface area contributed by atoms with Gasteiger partial charge in [-0.1, -0.05) is 123 Å². The van der Waals surface area contributed by atoms with Crippen molar-refractivity contribution in [3.63, 3.8) is 0 Å². The highest BCUT2D eigenvalue weighted by Crippen LogP contribution is 2.52. The summed E-state index contributed by atoms with van der Waals surface area (Å²) in [5.74, 6) is -0.518. The van der Waals surface area contributed by atoms with Gasteiger partial charge < -0.3 is 9.47 Å². The summed E-state index contributed by atoms with van der Waals surface area (Å²) < 4.78 is 10.6. The van der Waals surface area contributed by atoms with Gasteiger partial charge in [-0.05, 0) is 145 Å². The second kappa shape index (κ2) is 12.6. The van der Waals surface area contributed by atoms with E-state index in [0.29, 0.717) is 13.0 Å². The van der Waals surface area contributed by atoms with Crippen molar-refractivity contribution in [3.05, 3.63) is 156 Å². The molecule has 0 unspecified atom stereocenters. The third-order valence-corrected chi connectivity index (χ3v) is 12.8. The van der Waals surface area contributed by atoms with Crippen LogP contribution in [0.3, 0.4) is 0 Å². The van der Waals surface area contributed by atoms with Crippen LogP contribution in [0.2, 0.25) is 0 Å². The molecular weight excluding hydrogens is 713 g/mol. The molecule has 58 heavy (non-hydrogen) atoms. The predicted molar refractivity (Wildman–Crippen MR) is 238 cm³/mol. The molecule has 4 heteroatoms.